The molecule has 0 atom stereocenters. The van der Waals surface area contributed by atoms with Gasteiger partial charge in [0.1, 0.15) is 6.33 Å². The number of aromatic nitrogens is 2. The first-order chi connectivity index (χ1) is 9.58. The Labute approximate surface area is 124 Å². The summed E-state index contributed by atoms with van der Waals surface area (Å²) in [6.45, 7) is 0. The van der Waals surface area contributed by atoms with Crippen molar-refractivity contribution < 1.29 is 9.90 Å². The highest BCUT2D eigenvalue weighted by Crippen LogP contribution is 2.31. The second-order valence-corrected chi connectivity index (χ2v) is 5.01. The average Bonchev–Trinajstić information content (AvgIpc) is 2.81. The molecule has 0 aliphatic carbocycles. The van der Waals surface area contributed by atoms with E-state index in [-0.39, 0.29) is 5.56 Å². The number of carbonyl (C=O) groups is 1. The molecule has 3 aromatic rings. The Morgan fingerprint density at radius 1 is 1.15 bits per heavy atom. The van der Waals surface area contributed by atoms with Crippen LogP contribution in [-0.4, -0.2) is 20.6 Å². The topological polar surface area (TPSA) is 55.1 Å². The van der Waals surface area contributed by atoms with Gasteiger partial charge in [-0.25, -0.2) is 9.78 Å². The standard InChI is InChI=1S/C14H8Cl2N2O2/c15-9-2-1-3-10(16)13(9)18-7-17-11-6-8(14(19)20)4-5-12(11)18/h1-7H,(H,19,20). The molecular weight excluding hydrogens is 299 g/mol. The lowest BCUT2D eigenvalue weighted by Crippen LogP contribution is -1.97. The maximum atomic E-state index is 11.0. The van der Waals surface area contributed by atoms with E-state index < -0.39 is 5.97 Å². The van der Waals surface area contributed by atoms with E-state index in [2.05, 4.69) is 4.98 Å². The van der Waals surface area contributed by atoms with Gasteiger partial charge in [-0.3, -0.25) is 4.57 Å². The second-order valence-electron chi connectivity index (χ2n) is 4.19. The monoisotopic (exact) mass is 306 g/mol. The first-order valence-electron chi connectivity index (χ1n) is 5.72. The maximum Gasteiger partial charge on any atom is 0.335 e. The zero-order valence-corrected chi connectivity index (χ0v) is 11.6. The number of carboxylic acids is 1. The average molecular weight is 307 g/mol. The van der Waals surface area contributed by atoms with Crippen molar-refractivity contribution in [2.24, 2.45) is 0 Å². The second kappa shape index (κ2) is 4.81. The Morgan fingerprint density at radius 3 is 2.50 bits per heavy atom. The van der Waals surface area contributed by atoms with Crippen LogP contribution in [0.2, 0.25) is 10.0 Å². The summed E-state index contributed by atoms with van der Waals surface area (Å²) >= 11 is 12.4. The number of imidazole rings is 1. The van der Waals surface area contributed by atoms with Crippen molar-refractivity contribution in [3.8, 4) is 5.69 Å². The molecular formula is C14H8Cl2N2O2. The lowest BCUT2D eigenvalue weighted by Gasteiger charge is -2.08. The molecule has 0 aliphatic rings. The van der Waals surface area contributed by atoms with Crippen LogP contribution >= 0.6 is 23.2 Å². The van der Waals surface area contributed by atoms with E-state index in [0.717, 1.165) is 5.52 Å². The van der Waals surface area contributed by atoms with Gasteiger partial charge in [-0.15, -0.1) is 0 Å². The lowest BCUT2D eigenvalue weighted by molar-refractivity contribution is 0.0697. The summed E-state index contributed by atoms with van der Waals surface area (Å²) in [5, 5.41) is 9.98. The van der Waals surface area contributed by atoms with Gasteiger partial charge in [0.15, 0.2) is 0 Å². The first kappa shape index (κ1) is 13.0. The van der Waals surface area contributed by atoms with Gasteiger partial charge in [0.25, 0.3) is 0 Å². The van der Waals surface area contributed by atoms with E-state index in [1.165, 1.54) is 12.1 Å². The minimum atomic E-state index is -0.989. The third-order valence-electron chi connectivity index (χ3n) is 2.97. The minimum Gasteiger partial charge on any atom is -0.478 e. The third kappa shape index (κ3) is 2.03. The van der Waals surface area contributed by atoms with Crippen LogP contribution in [0, 0.1) is 0 Å². The minimum absolute atomic E-state index is 0.188. The largest absolute Gasteiger partial charge is 0.478 e. The lowest BCUT2D eigenvalue weighted by atomic mass is 10.2. The number of nitrogens with zero attached hydrogens (tertiary/aromatic N) is 2. The molecule has 6 heteroatoms. The van der Waals surface area contributed by atoms with Crippen molar-refractivity contribution in [2.45, 2.75) is 0 Å². The summed E-state index contributed by atoms with van der Waals surface area (Å²) in [6, 6.07) is 9.95. The van der Waals surface area contributed by atoms with Crippen LogP contribution < -0.4 is 0 Å². The highest BCUT2D eigenvalue weighted by atomic mass is 35.5. The van der Waals surface area contributed by atoms with E-state index in [9.17, 15) is 4.79 Å². The Hall–Kier alpha value is -2.04. The fourth-order valence-corrected chi connectivity index (χ4v) is 2.62. The zero-order valence-electron chi connectivity index (χ0n) is 10.0. The molecule has 3 rings (SSSR count). The van der Waals surface area contributed by atoms with Crippen molar-refractivity contribution in [3.05, 3.63) is 58.3 Å². The molecule has 0 unspecified atom stereocenters. The van der Waals surface area contributed by atoms with Gasteiger partial charge in [-0.1, -0.05) is 29.3 Å². The molecule has 0 amide bonds. The van der Waals surface area contributed by atoms with Crippen molar-refractivity contribution in [1.29, 1.82) is 0 Å². The fourth-order valence-electron chi connectivity index (χ4n) is 2.04. The van der Waals surface area contributed by atoms with E-state index in [4.69, 9.17) is 28.3 Å². The Bertz CT molecular complexity index is 807. The maximum absolute atomic E-state index is 11.0. The van der Waals surface area contributed by atoms with Crippen LogP contribution in [0.3, 0.4) is 0 Å². The molecule has 0 saturated heterocycles. The molecule has 1 aromatic heterocycles. The van der Waals surface area contributed by atoms with Crippen LogP contribution in [0.15, 0.2) is 42.7 Å². The molecule has 0 aliphatic heterocycles. The van der Waals surface area contributed by atoms with Crippen molar-refractivity contribution in [3.63, 3.8) is 0 Å². The van der Waals surface area contributed by atoms with Gasteiger partial charge >= 0.3 is 5.97 Å². The number of hydrogen-bond acceptors (Lipinski definition) is 2. The molecule has 1 heterocycles. The Balaban J connectivity index is 2.26. The SMILES string of the molecule is O=C(O)c1ccc2c(c1)ncn2-c1c(Cl)cccc1Cl. The predicted octanol–water partition coefficient (Wildman–Crippen LogP) is 4.03. The molecule has 0 fully saturated rings. The fraction of sp³-hybridized carbons (Fsp3) is 0. The summed E-state index contributed by atoms with van der Waals surface area (Å²) in [4.78, 5) is 15.2. The number of rotatable bonds is 2. The molecule has 0 saturated carbocycles. The third-order valence-corrected chi connectivity index (χ3v) is 3.58. The van der Waals surface area contributed by atoms with Crippen molar-refractivity contribution in [1.82, 2.24) is 9.55 Å². The van der Waals surface area contributed by atoms with Crippen LogP contribution in [0.5, 0.6) is 0 Å². The Morgan fingerprint density at radius 2 is 1.85 bits per heavy atom. The smallest absolute Gasteiger partial charge is 0.335 e. The Kier molecular flexibility index (Phi) is 3.12. The van der Waals surface area contributed by atoms with Crippen LogP contribution in [0.4, 0.5) is 0 Å². The molecule has 0 bridgehead atoms. The van der Waals surface area contributed by atoms with Gasteiger partial charge in [0, 0.05) is 0 Å². The van der Waals surface area contributed by atoms with Gasteiger partial charge in [0.2, 0.25) is 0 Å². The van der Waals surface area contributed by atoms with E-state index in [1.807, 2.05) is 0 Å². The van der Waals surface area contributed by atoms with E-state index in [1.54, 1.807) is 35.2 Å². The highest BCUT2D eigenvalue weighted by Gasteiger charge is 2.13. The molecule has 4 nitrogen and oxygen atoms in total. The zero-order chi connectivity index (χ0) is 14.3. The summed E-state index contributed by atoms with van der Waals surface area (Å²) in [6.07, 6.45) is 1.57. The van der Waals surface area contributed by atoms with E-state index >= 15 is 0 Å². The number of aromatic carboxylic acids is 1. The summed E-state index contributed by atoms with van der Waals surface area (Å²) in [5.74, 6) is -0.989. The van der Waals surface area contributed by atoms with E-state index in [0.29, 0.717) is 21.2 Å². The van der Waals surface area contributed by atoms with Crippen molar-refractivity contribution >= 4 is 40.2 Å². The summed E-state index contributed by atoms with van der Waals surface area (Å²) in [7, 11) is 0. The number of hydrogen-bond donors (Lipinski definition) is 1. The van der Waals surface area contributed by atoms with Crippen LogP contribution in [0.25, 0.3) is 16.7 Å². The highest BCUT2D eigenvalue weighted by molar-refractivity contribution is 6.37. The number of fused-ring (bicyclic) bond motifs is 1. The van der Waals surface area contributed by atoms with Crippen LogP contribution in [-0.2, 0) is 0 Å². The molecule has 0 spiro atoms. The molecule has 0 radical (unpaired) electrons. The number of carboxylic acid groups (broad SMARTS) is 1. The normalized spacial score (nSPS) is 10.9. The van der Waals surface area contributed by atoms with Gasteiger partial charge in [-0.05, 0) is 30.3 Å². The van der Waals surface area contributed by atoms with Crippen LogP contribution in [0.1, 0.15) is 10.4 Å². The molecule has 100 valence electrons. The molecule has 20 heavy (non-hydrogen) atoms. The predicted molar refractivity (Wildman–Crippen MR) is 78.0 cm³/mol. The summed E-state index contributed by atoms with van der Waals surface area (Å²) < 4.78 is 1.74. The summed E-state index contributed by atoms with van der Waals surface area (Å²) in [5.41, 5.74) is 2.13. The molecule has 2 aromatic carbocycles. The van der Waals surface area contributed by atoms with Gasteiger partial charge in [0.05, 0.1) is 32.3 Å². The number of benzene rings is 2. The van der Waals surface area contributed by atoms with Gasteiger partial charge in [-0.2, -0.15) is 0 Å². The number of halogens is 2. The molecule has 1 N–H and O–H groups in total. The van der Waals surface area contributed by atoms with Crippen molar-refractivity contribution in [2.75, 3.05) is 0 Å². The quantitative estimate of drug-likeness (QED) is 0.777. The van der Waals surface area contributed by atoms with Gasteiger partial charge < -0.3 is 5.11 Å². The number of para-hydroxylation sites is 1. The first-order valence-corrected chi connectivity index (χ1v) is 6.48.